The molecule has 0 aromatic heterocycles. The lowest BCUT2D eigenvalue weighted by Gasteiger charge is -2.14. The highest BCUT2D eigenvalue weighted by molar-refractivity contribution is 5.95. The van der Waals surface area contributed by atoms with Gasteiger partial charge in [0, 0.05) is 17.3 Å². The van der Waals surface area contributed by atoms with Gasteiger partial charge in [-0.15, -0.1) is 0 Å². The van der Waals surface area contributed by atoms with Crippen molar-refractivity contribution in [2.45, 2.75) is 19.4 Å². The van der Waals surface area contributed by atoms with Gasteiger partial charge in [-0.05, 0) is 43.2 Å². The number of amides is 1. The van der Waals surface area contributed by atoms with Crippen LogP contribution < -0.4 is 11.1 Å². The Hall–Kier alpha value is -2.29. The SMILES string of the molecule is CC(Cc1ccccc1)NC(=O)c1c[c]cc(N)c1. The molecule has 0 aliphatic heterocycles. The zero-order chi connectivity index (χ0) is 13.7. The topological polar surface area (TPSA) is 55.1 Å². The van der Waals surface area contributed by atoms with E-state index in [-0.39, 0.29) is 11.9 Å². The zero-order valence-electron chi connectivity index (χ0n) is 10.9. The van der Waals surface area contributed by atoms with Crippen LogP contribution in [0.4, 0.5) is 5.69 Å². The third-order valence-corrected chi connectivity index (χ3v) is 2.84. The van der Waals surface area contributed by atoms with Crippen molar-refractivity contribution >= 4 is 11.6 Å². The first-order chi connectivity index (χ1) is 9.15. The monoisotopic (exact) mass is 253 g/mol. The van der Waals surface area contributed by atoms with Crippen molar-refractivity contribution in [2.75, 3.05) is 5.73 Å². The molecule has 3 nitrogen and oxygen atoms in total. The van der Waals surface area contributed by atoms with Crippen LogP contribution in [0.3, 0.4) is 0 Å². The van der Waals surface area contributed by atoms with E-state index >= 15 is 0 Å². The van der Waals surface area contributed by atoms with Gasteiger partial charge in [0.15, 0.2) is 0 Å². The van der Waals surface area contributed by atoms with E-state index in [1.807, 2.05) is 25.1 Å². The van der Waals surface area contributed by atoms with Crippen molar-refractivity contribution in [2.24, 2.45) is 0 Å². The summed E-state index contributed by atoms with van der Waals surface area (Å²) in [5.41, 5.74) is 7.93. The summed E-state index contributed by atoms with van der Waals surface area (Å²) in [6, 6.07) is 17.9. The van der Waals surface area contributed by atoms with Gasteiger partial charge in [0.2, 0.25) is 0 Å². The third-order valence-electron chi connectivity index (χ3n) is 2.84. The lowest BCUT2D eigenvalue weighted by Crippen LogP contribution is -2.34. The zero-order valence-corrected chi connectivity index (χ0v) is 10.9. The maximum absolute atomic E-state index is 12.0. The molecule has 0 fully saturated rings. The maximum Gasteiger partial charge on any atom is 0.251 e. The Morgan fingerprint density at radius 3 is 2.74 bits per heavy atom. The number of anilines is 1. The molecule has 0 aliphatic rings. The molecule has 0 saturated carbocycles. The van der Waals surface area contributed by atoms with Crippen LogP contribution in [0.5, 0.6) is 0 Å². The second-order valence-corrected chi connectivity index (χ2v) is 4.62. The standard InChI is InChI=1S/C16H17N2O/c1-12(10-13-6-3-2-4-7-13)18-16(19)14-8-5-9-15(17)11-14/h2-4,6-9,11-12H,10,17H2,1H3,(H,18,19). The molecule has 2 aromatic rings. The minimum absolute atomic E-state index is 0.0660. The summed E-state index contributed by atoms with van der Waals surface area (Å²) < 4.78 is 0. The fourth-order valence-corrected chi connectivity index (χ4v) is 1.95. The smallest absolute Gasteiger partial charge is 0.251 e. The maximum atomic E-state index is 12.0. The van der Waals surface area contributed by atoms with Crippen LogP contribution in [0, 0.1) is 6.07 Å². The number of carbonyl (C=O) groups excluding carboxylic acids is 1. The average Bonchev–Trinajstić information content (AvgIpc) is 2.39. The molecule has 2 rings (SSSR count). The summed E-state index contributed by atoms with van der Waals surface area (Å²) in [5.74, 6) is -0.119. The molecule has 1 amide bonds. The number of hydrogen-bond donors (Lipinski definition) is 2. The van der Waals surface area contributed by atoms with Gasteiger partial charge in [0.05, 0.1) is 0 Å². The molecule has 0 saturated heterocycles. The van der Waals surface area contributed by atoms with E-state index in [1.54, 1.807) is 18.2 Å². The normalized spacial score (nSPS) is 11.8. The highest BCUT2D eigenvalue weighted by Crippen LogP contribution is 2.07. The summed E-state index contributed by atoms with van der Waals surface area (Å²) in [6.07, 6.45) is 0.804. The Labute approximate surface area is 113 Å². The van der Waals surface area contributed by atoms with Crippen LogP contribution in [0.15, 0.2) is 48.5 Å². The molecule has 1 unspecified atom stereocenters. The Balaban J connectivity index is 1.95. The highest BCUT2D eigenvalue weighted by Gasteiger charge is 2.10. The van der Waals surface area contributed by atoms with Crippen molar-refractivity contribution in [3.63, 3.8) is 0 Å². The second kappa shape index (κ2) is 6.05. The van der Waals surface area contributed by atoms with Gasteiger partial charge in [-0.1, -0.05) is 30.3 Å². The molecule has 0 aliphatic carbocycles. The average molecular weight is 253 g/mol. The van der Waals surface area contributed by atoms with E-state index in [4.69, 9.17) is 5.73 Å². The molecule has 97 valence electrons. The second-order valence-electron chi connectivity index (χ2n) is 4.62. The Kier molecular flexibility index (Phi) is 4.18. The van der Waals surface area contributed by atoms with Gasteiger partial charge in [-0.2, -0.15) is 0 Å². The van der Waals surface area contributed by atoms with E-state index in [2.05, 4.69) is 23.5 Å². The van der Waals surface area contributed by atoms with Crippen LogP contribution in [-0.2, 0) is 6.42 Å². The first-order valence-electron chi connectivity index (χ1n) is 6.26. The molecule has 3 N–H and O–H groups in total. The lowest BCUT2D eigenvalue weighted by atomic mass is 10.1. The van der Waals surface area contributed by atoms with E-state index < -0.39 is 0 Å². The third kappa shape index (κ3) is 3.85. The lowest BCUT2D eigenvalue weighted by molar-refractivity contribution is 0.0940. The minimum Gasteiger partial charge on any atom is -0.399 e. The van der Waals surface area contributed by atoms with Gasteiger partial charge in [0.25, 0.3) is 5.91 Å². The predicted molar refractivity (Wildman–Crippen MR) is 76.8 cm³/mol. The van der Waals surface area contributed by atoms with Crippen molar-refractivity contribution in [3.8, 4) is 0 Å². The number of nitrogens with two attached hydrogens (primary N) is 1. The summed E-state index contributed by atoms with van der Waals surface area (Å²) in [6.45, 7) is 1.99. The van der Waals surface area contributed by atoms with Gasteiger partial charge < -0.3 is 11.1 Å². The fourth-order valence-electron chi connectivity index (χ4n) is 1.95. The summed E-state index contributed by atoms with van der Waals surface area (Å²) in [4.78, 5) is 12.0. The van der Waals surface area contributed by atoms with Gasteiger partial charge in [-0.3, -0.25) is 4.79 Å². The number of benzene rings is 2. The summed E-state index contributed by atoms with van der Waals surface area (Å²) >= 11 is 0. The number of carbonyl (C=O) groups is 1. The van der Waals surface area contributed by atoms with Crippen LogP contribution in [-0.4, -0.2) is 11.9 Å². The molecular formula is C16H17N2O. The molecule has 1 radical (unpaired) electrons. The van der Waals surface area contributed by atoms with Crippen molar-refractivity contribution in [3.05, 3.63) is 65.7 Å². The predicted octanol–water partition coefficient (Wildman–Crippen LogP) is 2.43. The molecule has 0 bridgehead atoms. The molecule has 19 heavy (non-hydrogen) atoms. The van der Waals surface area contributed by atoms with E-state index in [0.29, 0.717) is 11.3 Å². The van der Waals surface area contributed by atoms with Crippen LogP contribution in [0.2, 0.25) is 0 Å². The van der Waals surface area contributed by atoms with Crippen molar-refractivity contribution in [1.29, 1.82) is 0 Å². The van der Waals surface area contributed by atoms with E-state index in [9.17, 15) is 4.79 Å². The quantitative estimate of drug-likeness (QED) is 0.822. The molecule has 1 atom stereocenters. The van der Waals surface area contributed by atoms with Crippen LogP contribution in [0.25, 0.3) is 0 Å². The summed E-state index contributed by atoms with van der Waals surface area (Å²) in [7, 11) is 0. The largest absolute Gasteiger partial charge is 0.399 e. The minimum atomic E-state index is -0.119. The number of nitrogens with one attached hydrogen (secondary N) is 1. The van der Waals surface area contributed by atoms with Crippen molar-refractivity contribution in [1.82, 2.24) is 5.32 Å². The van der Waals surface area contributed by atoms with Crippen LogP contribution in [0.1, 0.15) is 22.8 Å². The molecule has 0 spiro atoms. The Morgan fingerprint density at radius 1 is 1.32 bits per heavy atom. The fraction of sp³-hybridized carbons (Fsp3) is 0.188. The number of hydrogen-bond acceptors (Lipinski definition) is 2. The Bertz CT molecular complexity index is 552. The van der Waals surface area contributed by atoms with Crippen LogP contribution >= 0.6 is 0 Å². The number of nitrogen functional groups attached to an aromatic ring is 1. The van der Waals surface area contributed by atoms with E-state index in [0.717, 1.165) is 6.42 Å². The molecular weight excluding hydrogens is 236 g/mol. The van der Waals surface area contributed by atoms with Gasteiger partial charge in [-0.25, -0.2) is 0 Å². The Morgan fingerprint density at radius 2 is 2.05 bits per heavy atom. The number of rotatable bonds is 4. The first-order valence-corrected chi connectivity index (χ1v) is 6.26. The first kappa shape index (κ1) is 13.1. The van der Waals surface area contributed by atoms with Crippen molar-refractivity contribution < 1.29 is 4.79 Å². The molecule has 2 aromatic carbocycles. The van der Waals surface area contributed by atoms with Gasteiger partial charge in [0.1, 0.15) is 0 Å². The summed E-state index contributed by atoms with van der Waals surface area (Å²) in [5, 5.41) is 2.96. The van der Waals surface area contributed by atoms with Gasteiger partial charge >= 0.3 is 0 Å². The van der Waals surface area contributed by atoms with E-state index in [1.165, 1.54) is 5.56 Å². The molecule has 3 heteroatoms. The highest BCUT2D eigenvalue weighted by atomic mass is 16.1. The molecule has 0 heterocycles.